The van der Waals surface area contributed by atoms with Crippen molar-refractivity contribution in [2.45, 2.75) is 12.8 Å². The number of amides is 3. The second-order valence-corrected chi connectivity index (χ2v) is 5.04. The van der Waals surface area contributed by atoms with Crippen molar-refractivity contribution in [1.29, 1.82) is 0 Å². The summed E-state index contributed by atoms with van der Waals surface area (Å²) in [5.74, 6) is 0.202. The van der Waals surface area contributed by atoms with Gasteiger partial charge in [0.15, 0.2) is 0 Å². The maximum atomic E-state index is 11.8. The zero-order valence-corrected chi connectivity index (χ0v) is 13.2. The van der Waals surface area contributed by atoms with Gasteiger partial charge in [0, 0.05) is 30.5 Å². The van der Waals surface area contributed by atoms with Crippen LogP contribution in [0.3, 0.4) is 0 Å². The Balaban J connectivity index is 1.70. The Labute approximate surface area is 140 Å². The molecule has 4 N–H and O–H groups in total. The zero-order valence-electron chi connectivity index (χ0n) is 13.2. The number of urea groups is 1. The van der Waals surface area contributed by atoms with E-state index in [1.165, 1.54) is 0 Å². The monoisotopic (exact) mass is 328 g/mol. The molecule has 1 aromatic carbocycles. The number of nitrogens with zero attached hydrogens (tertiary/aromatic N) is 1. The first-order chi connectivity index (χ1) is 11.6. The quantitative estimate of drug-likeness (QED) is 0.685. The minimum atomic E-state index is -0.407. The Hall–Kier alpha value is -3.09. The number of carbonyl (C=O) groups excluding carboxylic acids is 2. The number of rotatable bonds is 8. The number of primary amides is 1. The number of ether oxygens (including phenoxy) is 1. The Morgan fingerprint density at radius 1 is 1.12 bits per heavy atom. The molecule has 7 nitrogen and oxygen atoms in total. The number of hydrogen-bond acceptors (Lipinski definition) is 4. The fraction of sp³-hybridized carbons (Fsp3) is 0.235. The summed E-state index contributed by atoms with van der Waals surface area (Å²) in [7, 11) is 0. The summed E-state index contributed by atoms with van der Waals surface area (Å²) in [5.41, 5.74) is 6.61. The Morgan fingerprint density at radius 2 is 1.92 bits per heavy atom. The average molecular weight is 328 g/mol. The standard InChI is InChI=1S/C17H20N4O3/c18-16(22)9-12-24-15-6-4-14(5-7-15)21-17(23)20-11-8-13-3-1-2-10-19-13/h1-7,10H,8-9,11-12H2,(H2,18,22)(H2,20,21,23). The number of aromatic nitrogens is 1. The highest BCUT2D eigenvalue weighted by Crippen LogP contribution is 2.15. The van der Waals surface area contributed by atoms with E-state index in [1.54, 1.807) is 30.5 Å². The van der Waals surface area contributed by atoms with Crippen LogP contribution in [0, 0.1) is 0 Å². The van der Waals surface area contributed by atoms with E-state index in [0.717, 1.165) is 5.69 Å². The maximum absolute atomic E-state index is 11.8. The van der Waals surface area contributed by atoms with E-state index in [4.69, 9.17) is 10.5 Å². The number of nitrogens with two attached hydrogens (primary N) is 1. The first-order valence-corrected chi connectivity index (χ1v) is 7.59. The van der Waals surface area contributed by atoms with Crippen LogP contribution in [-0.4, -0.2) is 30.1 Å². The van der Waals surface area contributed by atoms with Crippen LogP contribution in [0.15, 0.2) is 48.7 Å². The largest absolute Gasteiger partial charge is 0.493 e. The van der Waals surface area contributed by atoms with Crippen LogP contribution in [0.1, 0.15) is 12.1 Å². The molecule has 0 aliphatic rings. The van der Waals surface area contributed by atoms with Gasteiger partial charge in [-0.1, -0.05) is 6.07 Å². The van der Waals surface area contributed by atoms with Crippen LogP contribution >= 0.6 is 0 Å². The van der Waals surface area contributed by atoms with E-state index in [0.29, 0.717) is 24.4 Å². The van der Waals surface area contributed by atoms with E-state index in [-0.39, 0.29) is 19.1 Å². The number of benzene rings is 1. The van der Waals surface area contributed by atoms with E-state index in [1.807, 2.05) is 18.2 Å². The van der Waals surface area contributed by atoms with Crippen molar-refractivity contribution in [3.05, 3.63) is 54.4 Å². The molecule has 2 aromatic rings. The highest BCUT2D eigenvalue weighted by atomic mass is 16.5. The number of carbonyl (C=O) groups is 2. The van der Waals surface area contributed by atoms with Crippen LogP contribution in [0.25, 0.3) is 0 Å². The predicted molar refractivity (Wildman–Crippen MR) is 90.7 cm³/mol. The summed E-state index contributed by atoms with van der Waals surface area (Å²) in [6.07, 6.45) is 2.56. The number of pyridine rings is 1. The third-order valence-electron chi connectivity index (χ3n) is 3.12. The molecule has 0 aliphatic heterocycles. The lowest BCUT2D eigenvalue weighted by molar-refractivity contribution is -0.118. The van der Waals surface area contributed by atoms with E-state index in [9.17, 15) is 9.59 Å². The molecule has 7 heteroatoms. The van der Waals surface area contributed by atoms with Crippen LogP contribution in [0.5, 0.6) is 5.75 Å². The van der Waals surface area contributed by atoms with Gasteiger partial charge in [0.1, 0.15) is 5.75 Å². The average Bonchev–Trinajstić information content (AvgIpc) is 2.57. The third kappa shape index (κ3) is 6.35. The van der Waals surface area contributed by atoms with Crippen molar-refractivity contribution in [3.8, 4) is 5.75 Å². The first-order valence-electron chi connectivity index (χ1n) is 7.59. The van der Waals surface area contributed by atoms with Gasteiger partial charge >= 0.3 is 6.03 Å². The van der Waals surface area contributed by atoms with Crippen molar-refractivity contribution in [2.24, 2.45) is 5.73 Å². The lowest BCUT2D eigenvalue weighted by atomic mass is 10.3. The van der Waals surface area contributed by atoms with Gasteiger partial charge in [-0.05, 0) is 36.4 Å². The van der Waals surface area contributed by atoms with Gasteiger partial charge in [0.25, 0.3) is 0 Å². The molecule has 0 atom stereocenters. The van der Waals surface area contributed by atoms with Gasteiger partial charge in [-0.25, -0.2) is 4.79 Å². The van der Waals surface area contributed by atoms with Gasteiger partial charge < -0.3 is 21.1 Å². The van der Waals surface area contributed by atoms with Crippen LogP contribution < -0.4 is 21.1 Å². The summed E-state index contributed by atoms with van der Waals surface area (Å²) < 4.78 is 5.35. The fourth-order valence-electron chi connectivity index (χ4n) is 1.93. The smallest absolute Gasteiger partial charge is 0.319 e. The van der Waals surface area contributed by atoms with Crippen LogP contribution in [0.2, 0.25) is 0 Å². The summed E-state index contributed by atoms with van der Waals surface area (Å²) in [6.45, 7) is 0.729. The molecule has 0 unspecified atom stereocenters. The Kier molecular flexibility index (Phi) is 6.58. The van der Waals surface area contributed by atoms with Gasteiger partial charge in [-0.15, -0.1) is 0 Å². The second kappa shape index (κ2) is 9.14. The maximum Gasteiger partial charge on any atom is 0.319 e. The normalized spacial score (nSPS) is 10.0. The van der Waals surface area contributed by atoms with Crippen LogP contribution in [-0.2, 0) is 11.2 Å². The molecule has 2 rings (SSSR count). The van der Waals surface area contributed by atoms with Gasteiger partial charge in [-0.2, -0.15) is 0 Å². The van der Waals surface area contributed by atoms with Crippen molar-refractivity contribution in [1.82, 2.24) is 10.3 Å². The second-order valence-electron chi connectivity index (χ2n) is 5.04. The number of hydrogen-bond donors (Lipinski definition) is 3. The predicted octanol–water partition coefficient (Wildman–Crippen LogP) is 1.70. The third-order valence-corrected chi connectivity index (χ3v) is 3.12. The summed E-state index contributed by atoms with van der Waals surface area (Å²) >= 11 is 0. The number of nitrogens with one attached hydrogen (secondary N) is 2. The summed E-state index contributed by atoms with van der Waals surface area (Å²) in [4.78, 5) is 26.6. The molecular weight excluding hydrogens is 308 g/mol. The van der Waals surface area contributed by atoms with E-state index in [2.05, 4.69) is 15.6 Å². The molecular formula is C17H20N4O3. The zero-order chi connectivity index (χ0) is 17.2. The van der Waals surface area contributed by atoms with Gasteiger partial charge in [0.2, 0.25) is 5.91 Å². The molecule has 1 heterocycles. The molecule has 126 valence electrons. The Bertz CT molecular complexity index is 659. The van der Waals surface area contributed by atoms with E-state index >= 15 is 0 Å². The highest BCUT2D eigenvalue weighted by molar-refractivity contribution is 5.89. The molecule has 0 radical (unpaired) electrons. The molecule has 0 bridgehead atoms. The molecule has 0 spiro atoms. The van der Waals surface area contributed by atoms with Crippen molar-refractivity contribution >= 4 is 17.6 Å². The Morgan fingerprint density at radius 3 is 2.58 bits per heavy atom. The SMILES string of the molecule is NC(=O)CCOc1ccc(NC(=O)NCCc2ccccn2)cc1. The molecule has 0 aliphatic carbocycles. The molecule has 24 heavy (non-hydrogen) atoms. The van der Waals surface area contributed by atoms with Crippen molar-refractivity contribution in [2.75, 3.05) is 18.5 Å². The minimum absolute atomic E-state index is 0.165. The first kappa shape index (κ1) is 17.3. The summed E-state index contributed by atoms with van der Waals surface area (Å²) in [5, 5.41) is 5.50. The van der Waals surface area contributed by atoms with Crippen molar-refractivity contribution < 1.29 is 14.3 Å². The topological polar surface area (TPSA) is 106 Å². The molecule has 3 amide bonds. The number of anilines is 1. The highest BCUT2D eigenvalue weighted by Gasteiger charge is 2.03. The summed E-state index contributed by atoms with van der Waals surface area (Å²) in [6, 6.07) is 12.3. The fourth-order valence-corrected chi connectivity index (χ4v) is 1.93. The molecule has 1 aromatic heterocycles. The molecule has 0 saturated carbocycles. The lowest BCUT2D eigenvalue weighted by Gasteiger charge is -2.09. The minimum Gasteiger partial charge on any atom is -0.493 e. The molecule has 0 saturated heterocycles. The van der Waals surface area contributed by atoms with Gasteiger partial charge in [-0.3, -0.25) is 9.78 Å². The van der Waals surface area contributed by atoms with Crippen LogP contribution in [0.4, 0.5) is 10.5 Å². The van der Waals surface area contributed by atoms with E-state index < -0.39 is 5.91 Å². The lowest BCUT2D eigenvalue weighted by Crippen LogP contribution is -2.30. The van der Waals surface area contributed by atoms with Gasteiger partial charge in [0.05, 0.1) is 13.0 Å². The molecule has 0 fully saturated rings. The van der Waals surface area contributed by atoms with Crippen molar-refractivity contribution in [3.63, 3.8) is 0 Å².